The largest absolute Gasteiger partial charge is 0.464 e. The summed E-state index contributed by atoms with van der Waals surface area (Å²) in [5.74, 6) is 0.877. The van der Waals surface area contributed by atoms with Crippen molar-refractivity contribution in [3.05, 3.63) is 42.4 Å². The summed E-state index contributed by atoms with van der Waals surface area (Å²) in [6.07, 6.45) is 6.45. The average molecular weight is 294 g/mol. The highest BCUT2D eigenvalue weighted by atomic mass is 32.2. The molecule has 0 aliphatic carbocycles. The number of nitrogens with zero attached hydrogens (tertiary/aromatic N) is 1. The Morgan fingerprint density at radius 1 is 1.35 bits per heavy atom. The van der Waals surface area contributed by atoms with Gasteiger partial charge in [0, 0.05) is 24.5 Å². The highest BCUT2D eigenvalue weighted by Crippen LogP contribution is 2.19. The Morgan fingerprint density at radius 2 is 2.20 bits per heavy atom. The number of rotatable bonds is 7. The maximum absolute atomic E-state index is 11.7. The topological polar surface area (TPSA) is 72.2 Å². The molecular weight excluding hydrogens is 276 g/mol. The van der Waals surface area contributed by atoms with E-state index in [2.05, 4.69) is 9.71 Å². The predicted molar refractivity (Wildman–Crippen MR) is 77.5 cm³/mol. The summed E-state index contributed by atoms with van der Waals surface area (Å²) in [6.45, 7) is 2.21. The van der Waals surface area contributed by atoms with Crippen LogP contribution in [0.5, 0.6) is 0 Å². The minimum atomic E-state index is -3.21. The van der Waals surface area contributed by atoms with Gasteiger partial charge in [-0.25, -0.2) is 13.1 Å². The fourth-order valence-corrected chi connectivity index (χ4v) is 2.96. The van der Waals surface area contributed by atoms with Crippen LogP contribution in [0.4, 0.5) is 0 Å². The molecule has 108 valence electrons. The minimum Gasteiger partial charge on any atom is -0.464 e. The van der Waals surface area contributed by atoms with Crippen molar-refractivity contribution in [2.24, 2.45) is 0 Å². The molecule has 2 aromatic heterocycles. The number of sulfonamides is 1. The van der Waals surface area contributed by atoms with Crippen LogP contribution < -0.4 is 4.72 Å². The van der Waals surface area contributed by atoms with Gasteiger partial charge in [-0.2, -0.15) is 0 Å². The van der Waals surface area contributed by atoms with E-state index in [1.165, 1.54) is 0 Å². The molecule has 2 heterocycles. The Morgan fingerprint density at radius 3 is 2.90 bits per heavy atom. The standard InChI is InChI=1S/C14H18N2O3S/c1-2-3-7-20(17,18)16-10-12-8-13(11-15-9-12)14-5-4-6-19-14/h4-6,8-9,11,16H,2-3,7,10H2,1H3. The van der Waals surface area contributed by atoms with E-state index in [4.69, 9.17) is 4.42 Å². The lowest BCUT2D eigenvalue weighted by atomic mass is 10.2. The first-order chi connectivity index (χ1) is 9.61. The number of unbranched alkanes of at least 4 members (excludes halogenated alkanes) is 1. The van der Waals surface area contributed by atoms with Gasteiger partial charge < -0.3 is 4.42 Å². The van der Waals surface area contributed by atoms with E-state index >= 15 is 0 Å². The van der Waals surface area contributed by atoms with Crippen LogP contribution in [0.25, 0.3) is 11.3 Å². The fraction of sp³-hybridized carbons (Fsp3) is 0.357. The van der Waals surface area contributed by atoms with Gasteiger partial charge >= 0.3 is 0 Å². The number of hydrogen-bond acceptors (Lipinski definition) is 4. The van der Waals surface area contributed by atoms with E-state index in [-0.39, 0.29) is 12.3 Å². The first kappa shape index (κ1) is 14.7. The quantitative estimate of drug-likeness (QED) is 0.852. The molecule has 0 saturated carbocycles. The third-order valence-electron chi connectivity index (χ3n) is 2.86. The zero-order valence-electron chi connectivity index (χ0n) is 11.4. The predicted octanol–water partition coefficient (Wildman–Crippen LogP) is 2.56. The summed E-state index contributed by atoms with van der Waals surface area (Å²) in [7, 11) is -3.21. The van der Waals surface area contributed by atoms with Crippen molar-refractivity contribution >= 4 is 10.0 Å². The van der Waals surface area contributed by atoms with Gasteiger partial charge in [0.25, 0.3) is 0 Å². The third-order valence-corrected chi connectivity index (χ3v) is 4.27. The first-order valence-corrected chi connectivity index (χ1v) is 8.21. The third kappa shape index (κ3) is 4.18. The lowest BCUT2D eigenvalue weighted by Crippen LogP contribution is -2.25. The van der Waals surface area contributed by atoms with Crippen LogP contribution in [-0.2, 0) is 16.6 Å². The van der Waals surface area contributed by atoms with Gasteiger partial charge in [0.15, 0.2) is 0 Å². The smallest absolute Gasteiger partial charge is 0.211 e. The number of furan rings is 1. The summed E-state index contributed by atoms with van der Waals surface area (Å²) in [5, 5.41) is 0. The van der Waals surface area contributed by atoms with E-state index in [1.54, 1.807) is 24.7 Å². The Labute approximate surface area is 119 Å². The number of nitrogens with one attached hydrogen (secondary N) is 1. The molecule has 2 rings (SSSR count). The normalized spacial score (nSPS) is 11.7. The van der Waals surface area contributed by atoms with Crippen LogP contribution in [-0.4, -0.2) is 19.2 Å². The van der Waals surface area contributed by atoms with Crippen molar-refractivity contribution in [2.75, 3.05) is 5.75 Å². The van der Waals surface area contributed by atoms with Crippen molar-refractivity contribution in [2.45, 2.75) is 26.3 Å². The molecule has 0 amide bonds. The van der Waals surface area contributed by atoms with Crippen LogP contribution in [0.2, 0.25) is 0 Å². The summed E-state index contributed by atoms with van der Waals surface area (Å²) >= 11 is 0. The number of pyridine rings is 1. The van der Waals surface area contributed by atoms with Crippen LogP contribution >= 0.6 is 0 Å². The second-order valence-corrected chi connectivity index (χ2v) is 6.48. The lowest BCUT2D eigenvalue weighted by molar-refractivity contribution is 0.577. The van der Waals surface area contributed by atoms with Gasteiger partial charge in [0.05, 0.1) is 12.0 Å². The van der Waals surface area contributed by atoms with Crippen LogP contribution in [0, 0.1) is 0 Å². The maximum Gasteiger partial charge on any atom is 0.211 e. The Hall–Kier alpha value is -1.66. The van der Waals surface area contributed by atoms with Crippen molar-refractivity contribution in [3.8, 4) is 11.3 Å². The average Bonchev–Trinajstić information content (AvgIpc) is 2.98. The molecule has 0 radical (unpaired) electrons. The SMILES string of the molecule is CCCCS(=O)(=O)NCc1cncc(-c2ccco2)c1. The molecule has 0 spiro atoms. The summed E-state index contributed by atoms with van der Waals surface area (Å²) in [6, 6.07) is 5.51. The molecule has 2 aromatic rings. The lowest BCUT2D eigenvalue weighted by Gasteiger charge is -2.06. The molecule has 0 unspecified atom stereocenters. The molecule has 0 aliphatic heterocycles. The molecule has 0 bridgehead atoms. The molecule has 0 aromatic carbocycles. The second-order valence-electron chi connectivity index (χ2n) is 4.55. The molecule has 20 heavy (non-hydrogen) atoms. The van der Waals surface area contributed by atoms with Gasteiger partial charge in [-0.3, -0.25) is 4.98 Å². The fourth-order valence-electron chi connectivity index (χ4n) is 1.76. The summed E-state index contributed by atoms with van der Waals surface area (Å²) in [4.78, 5) is 4.11. The maximum atomic E-state index is 11.7. The van der Waals surface area contributed by atoms with Gasteiger partial charge in [-0.05, 0) is 30.2 Å². The van der Waals surface area contributed by atoms with Crippen LogP contribution in [0.1, 0.15) is 25.3 Å². The molecule has 0 fully saturated rings. The van der Waals surface area contributed by atoms with E-state index in [0.717, 1.165) is 17.5 Å². The van der Waals surface area contributed by atoms with Crippen LogP contribution in [0.15, 0.2) is 41.3 Å². The van der Waals surface area contributed by atoms with Gasteiger partial charge in [0.2, 0.25) is 10.0 Å². The summed E-state index contributed by atoms with van der Waals surface area (Å²) < 4.78 is 31.3. The van der Waals surface area contributed by atoms with E-state index in [1.807, 2.05) is 19.1 Å². The second kappa shape index (κ2) is 6.67. The monoisotopic (exact) mass is 294 g/mol. The number of hydrogen-bond donors (Lipinski definition) is 1. The molecule has 5 nitrogen and oxygen atoms in total. The molecule has 0 aliphatic rings. The van der Waals surface area contributed by atoms with Gasteiger partial charge in [0.1, 0.15) is 5.76 Å². The van der Waals surface area contributed by atoms with Gasteiger partial charge in [-0.1, -0.05) is 13.3 Å². The van der Waals surface area contributed by atoms with Crippen LogP contribution in [0.3, 0.4) is 0 Å². The van der Waals surface area contributed by atoms with Crippen molar-refractivity contribution < 1.29 is 12.8 Å². The molecule has 0 atom stereocenters. The van der Waals surface area contributed by atoms with Crippen molar-refractivity contribution in [3.63, 3.8) is 0 Å². The Bertz CT molecular complexity index is 636. The molecular formula is C14H18N2O3S. The molecule has 1 N–H and O–H groups in total. The number of aromatic nitrogens is 1. The highest BCUT2D eigenvalue weighted by molar-refractivity contribution is 7.89. The van der Waals surface area contributed by atoms with Gasteiger partial charge in [-0.15, -0.1) is 0 Å². The summed E-state index contributed by atoms with van der Waals surface area (Å²) in [5.41, 5.74) is 1.64. The van der Waals surface area contributed by atoms with E-state index < -0.39 is 10.0 Å². The Balaban J connectivity index is 2.02. The van der Waals surface area contributed by atoms with E-state index in [9.17, 15) is 8.42 Å². The zero-order chi connectivity index (χ0) is 14.4. The molecule has 6 heteroatoms. The zero-order valence-corrected chi connectivity index (χ0v) is 12.2. The van der Waals surface area contributed by atoms with E-state index in [0.29, 0.717) is 12.2 Å². The Kier molecular flexibility index (Phi) is 4.92. The van der Waals surface area contributed by atoms with Crippen molar-refractivity contribution in [1.82, 2.24) is 9.71 Å². The molecule has 0 saturated heterocycles. The van der Waals surface area contributed by atoms with Crippen molar-refractivity contribution in [1.29, 1.82) is 0 Å². The minimum absolute atomic E-state index is 0.162. The first-order valence-electron chi connectivity index (χ1n) is 6.56. The highest BCUT2D eigenvalue weighted by Gasteiger charge is 2.09.